The highest BCUT2D eigenvalue weighted by Gasteiger charge is 2.35. The van der Waals surface area contributed by atoms with E-state index >= 15 is 0 Å². The van der Waals surface area contributed by atoms with E-state index in [2.05, 4.69) is 15.6 Å². The number of ketones is 1. The van der Waals surface area contributed by atoms with Crippen molar-refractivity contribution in [2.24, 2.45) is 0 Å². The molecule has 5 nitrogen and oxygen atoms in total. The van der Waals surface area contributed by atoms with Gasteiger partial charge < -0.3 is 10.6 Å². The summed E-state index contributed by atoms with van der Waals surface area (Å²) in [5, 5.41) is 6.37. The molecule has 1 aliphatic rings. The monoisotopic (exact) mass is 549 g/mol. The van der Waals surface area contributed by atoms with Crippen LogP contribution in [0.5, 0.6) is 0 Å². The van der Waals surface area contributed by atoms with Gasteiger partial charge in [-0.15, -0.1) is 0 Å². The van der Waals surface area contributed by atoms with Crippen LogP contribution >= 0.6 is 11.3 Å². The third-order valence-corrected chi connectivity index (χ3v) is 7.52. The summed E-state index contributed by atoms with van der Waals surface area (Å²) in [4.78, 5) is 30.6. The number of benzene rings is 3. The number of carbonyl (C=O) groups is 2. The van der Waals surface area contributed by atoms with Gasteiger partial charge in [-0.2, -0.15) is 13.2 Å². The molecule has 1 aliphatic carbocycles. The molecule has 9 heteroatoms. The molecule has 0 radical (unpaired) electrons. The third kappa shape index (κ3) is 6.37. The molecule has 0 bridgehead atoms. The second kappa shape index (κ2) is 11.0. The molecule has 3 aromatic carbocycles. The zero-order chi connectivity index (χ0) is 27.6. The van der Waals surface area contributed by atoms with Crippen molar-refractivity contribution in [2.75, 3.05) is 5.32 Å². The van der Waals surface area contributed by atoms with E-state index in [1.54, 1.807) is 18.2 Å². The molecule has 1 amide bonds. The van der Waals surface area contributed by atoms with Crippen LogP contribution in [-0.2, 0) is 12.6 Å². The molecule has 0 atom stereocenters. The van der Waals surface area contributed by atoms with Crippen LogP contribution in [0.25, 0.3) is 11.3 Å². The van der Waals surface area contributed by atoms with Crippen LogP contribution < -0.4 is 10.6 Å². The quantitative estimate of drug-likeness (QED) is 0.211. The molecule has 1 fully saturated rings. The number of aryl methyl sites for hydroxylation is 2. The van der Waals surface area contributed by atoms with E-state index < -0.39 is 11.7 Å². The van der Waals surface area contributed by atoms with Gasteiger partial charge in [0, 0.05) is 29.3 Å². The lowest BCUT2D eigenvalue weighted by atomic mass is 10.0. The summed E-state index contributed by atoms with van der Waals surface area (Å²) >= 11 is 1.02. The van der Waals surface area contributed by atoms with Crippen molar-refractivity contribution in [3.8, 4) is 11.3 Å². The van der Waals surface area contributed by atoms with Gasteiger partial charge in [-0.3, -0.25) is 9.59 Å². The highest BCUT2D eigenvalue weighted by Crippen LogP contribution is 2.41. The molecule has 1 saturated carbocycles. The summed E-state index contributed by atoms with van der Waals surface area (Å²) in [6.45, 7) is 1.85. The van der Waals surface area contributed by atoms with E-state index in [1.807, 2.05) is 37.3 Å². The Morgan fingerprint density at radius 3 is 2.44 bits per heavy atom. The minimum atomic E-state index is -4.61. The van der Waals surface area contributed by atoms with Crippen LogP contribution in [-0.4, -0.2) is 22.7 Å². The van der Waals surface area contributed by atoms with Gasteiger partial charge in [-0.25, -0.2) is 4.98 Å². The summed E-state index contributed by atoms with van der Waals surface area (Å²) in [5.74, 6) is -0.470. The molecular weight excluding hydrogens is 523 g/mol. The summed E-state index contributed by atoms with van der Waals surface area (Å²) in [7, 11) is 0. The molecule has 0 saturated heterocycles. The SMILES string of the molecule is Cc1ccc(C(=O)NC2CC2)cc1Nc1nc(-c2ccccc2C(F)(F)F)c(C(=O)CCc2ccccc2)s1. The third-order valence-electron chi connectivity index (χ3n) is 6.51. The number of nitrogens with zero attached hydrogens (tertiary/aromatic N) is 1. The van der Waals surface area contributed by atoms with Gasteiger partial charge in [0.2, 0.25) is 0 Å². The molecule has 1 heterocycles. The molecule has 4 aromatic rings. The average molecular weight is 550 g/mol. The van der Waals surface area contributed by atoms with Gasteiger partial charge in [0.15, 0.2) is 10.9 Å². The maximum Gasteiger partial charge on any atom is 0.417 e. The van der Waals surface area contributed by atoms with Crippen molar-refractivity contribution in [2.45, 2.75) is 44.8 Å². The highest BCUT2D eigenvalue weighted by molar-refractivity contribution is 7.18. The molecule has 200 valence electrons. The van der Waals surface area contributed by atoms with E-state index in [4.69, 9.17) is 0 Å². The first-order valence-corrected chi connectivity index (χ1v) is 13.4. The number of anilines is 2. The number of hydrogen-bond donors (Lipinski definition) is 2. The number of Topliss-reactive ketones (excluding diaryl/α,β-unsaturated/α-hetero) is 1. The second-order valence-corrected chi connectivity index (χ2v) is 10.6. The Kier molecular flexibility index (Phi) is 7.52. The molecule has 2 N–H and O–H groups in total. The Morgan fingerprint density at radius 2 is 1.72 bits per heavy atom. The lowest BCUT2D eigenvalue weighted by molar-refractivity contribution is -0.137. The molecule has 0 aliphatic heterocycles. The minimum Gasteiger partial charge on any atom is -0.349 e. The van der Waals surface area contributed by atoms with Gasteiger partial charge >= 0.3 is 6.18 Å². The summed E-state index contributed by atoms with van der Waals surface area (Å²) in [6, 6.07) is 20.0. The van der Waals surface area contributed by atoms with Crippen molar-refractivity contribution in [1.82, 2.24) is 10.3 Å². The number of rotatable bonds is 9. The molecule has 0 spiro atoms. The summed E-state index contributed by atoms with van der Waals surface area (Å²) in [5.41, 5.74) is 1.83. The molecule has 1 aromatic heterocycles. The molecule has 39 heavy (non-hydrogen) atoms. The van der Waals surface area contributed by atoms with Crippen molar-refractivity contribution in [1.29, 1.82) is 0 Å². The van der Waals surface area contributed by atoms with E-state index in [0.717, 1.165) is 41.4 Å². The summed E-state index contributed by atoms with van der Waals surface area (Å²) in [6.07, 6.45) is -2.10. The maximum absolute atomic E-state index is 13.9. The Labute approximate surface area is 228 Å². The second-order valence-electron chi connectivity index (χ2n) is 9.55. The highest BCUT2D eigenvalue weighted by atomic mass is 32.1. The van der Waals surface area contributed by atoms with Crippen molar-refractivity contribution < 1.29 is 22.8 Å². The van der Waals surface area contributed by atoms with Crippen LogP contribution in [0, 0.1) is 6.92 Å². The molecule has 5 rings (SSSR count). The summed E-state index contributed by atoms with van der Waals surface area (Å²) < 4.78 is 41.7. The first-order chi connectivity index (χ1) is 18.7. The smallest absolute Gasteiger partial charge is 0.349 e. The van der Waals surface area contributed by atoms with Crippen LogP contribution in [0.3, 0.4) is 0 Å². The van der Waals surface area contributed by atoms with E-state index in [0.29, 0.717) is 17.7 Å². The van der Waals surface area contributed by atoms with Crippen molar-refractivity contribution in [3.63, 3.8) is 0 Å². The fraction of sp³-hybridized carbons (Fsp3) is 0.233. The van der Waals surface area contributed by atoms with Gasteiger partial charge in [-0.05, 0) is 55.5 Å². The standard InChI is InChI=1S/C30H26F3N3O2S/c1-18-11-13-20(28(38)34-21-14-15-21)17-24(18)35-29-36-26(22-9-5-6-10-23(22)30(31,32)33)27(39-29)25(37)16-12-19-7-3-2-4-8-19/h2-11,13,17,21H,12,14-16H2,1H3,(H,34,38)(H,35,36). The van der Waals surface area contributed by atoms with Gasteiger partial charge in [0.1, 0.15) is 4.88 Å². The Balaban J connectivity index is 1.49. The predicted molar refractivity (Wildman–Crippen MR) is 147 cm³/mol. The minimum absolute atomic E-state index is 0.00577. The number of alkyl halides is 3. The first-order valence-electron chi connectivity index (χ1n) is 12.6. The van der Waals surface area contributed by atoms with E-state index in [-0.39, 0.29) is 45.4 Å². The number of amides is 1. The molecular formula is C30H26F3N3O2S. The fourth-order valence-electron chi connectivity index (χ4n) is 4.21. The zero-order valence-corrected chi connectivity index (χ0v) is 22.0. The number of nitrogens with one attached hydrogen (secondary N) is 2. The van der Waals surface area contributed by atoms with Crippen LogP contribution in [0.15, 0.2) is 72.8 Å². The molecule has 0 unspecified atom stereocenters. The lowest BCUT2D eigenvalue weighted by Crippen LogP contribution is -2.25. The van der Waals surface area contributed by atoms with Crippen LogP contribution in [0.4, 0.5) is 24.0 Å². The fourth-order valence-corrected chi connectivity index (χ4v) is 5.17. The number of carbonyl (C=O) groups excluding carboxylic acids is 2. The first kappa shape index (κ1) is 26.6. The Morgan fingerprint density at radius 1 is 1.00 bits per heavy atom. The van der Waals surface area contributed by atoms with E-state index in [9.17, 15) is 22.8 Å². The van der Waals surface area contributed by atoms with Crippen LogP contribution in [0.2, 0.25) is 0 Å². The van der Waals surface area contributed by atoms with Crippen LogP contribution in [0.1, 0.15) is 56.0 Å². The number of halogens is 3. The zero-order valence-electron chi connectivity index (χ0n) is 21.1. The number of hydrogen-bond acceptors (Lipinski definition) is 5. The maximum atomic E-state index is 13.9. The Bertz CT molecular complexity index is 1510. The predicted octanol–water partition coefficient (Wildman–Crippen LogP) is 7.59. The van der Waals surface area contributed by atoms with Crippen molar-refractivity contribution in [3.05, 3.63) is 99.9 Å². The van der Waals surface area contributed by atoms with E-state index in [1.165, 1.54) is 18.2 Å². The topological polar surface area (TPSA) is 71.1 Å². The number of aromatic nitrogens is 1. The van der Waals surface area contributed by atoms with Gasteiger partial charge in [0.25, 0.3) is 5.91 Å². The van der Waals surface area contributed by atoms with Gasteiger partial charge in [-0.1, -0.05) is 65.9 Å². The average Bonchev–Trinajstić information content (AvgIpc) is 3.64. The normalized spacial score (nSPS) is 13.2. The van der Waals surface area contributed by atoms with Gasteiger partial charge in [0.05, 0.1) is 11.3 Å². The lowest BCUT2D eigenvalue weighted by Gasteiger charge is -2.12. The largest absolute Gasteiger partial charge is 0.417 e. The van der Waals surface area contributed by atoms with Crippen molar-refractivity contribution >= 4 is 33.8 Å². The number of thiazole rings is 1. The Hall–Kier alpha value is -3.98.